The number of nitrogens with zero attached hydrogens (tertiary/aromatic N) is 5. The van der Waals surface area contributed by atoms with Crippen molar-refractivity contribution >= 4 is 5.82 Å². The molecule has 2 aromatic rings. The van der Waals surface area contributed by atoms with E-state index in [-0.39, 0.29) is 0 Å². The minimum atomic E-state index is 0.841. The molecular formula is C14H24N6. The Morgan fingerprint density at radius 2 is 2.05 bits per heavy atom. The van der Waals surface area contributed by atoms with Crippen LogP contribution in [0.4, 0.5) is 5.82 Å². The van der Waals surface area contributed by atoms with Gasteiger partial charge in [0.25, 0.3) is 0 Å². The predicted molar refractivity (Wildman–Crippen MR) is 80.9 cm³/mol. The number of anilines is 1. The van der Waals surface area contributed by atoms with E-state index in [4.69, 9.17) is 0 Å². The lowest BCUT2D eigenvalue weighted by molar-refractivity contribution is 0.682. The normalized spacial score (nSPS) is 11.1. The molecule has 2 rings (SSSR count). The van der Waals surface area contributed by atoms with Crippen LogP contribution < -0.4 is 10.2 Å². The van der Waals surface area contributed by atoms with E-state index in [1.165, 1.54) is 11.1 Å². The Bertz CT molecular complexity index is 566. The van der Waals surface area contributed by atoms with E-state index >= 15 is 0 Å². The van der Waals surface area contributed by atoms with Crippen LogP contribution in [0.2, 0.25) is 0 Å². The summed E-state index contributed by atoms with van der Waals surface area (Å²) in [7, 11) is 8.03. The largest absolute Gasteiger partial charge is 0.363 e. The van der Waals surface area contributed by atoms with Gasteiger partial charge in [-0.1, -0.05) is 0 Å². The van der Waals surface area contributed by atoms with E-state index in [9.17, 15) is 0 Å². The maximum absolute atomic E-state index is 4.49. The smallest absolute Gasteiger partial charge is 0.130 e. The molecule has 0 atom stereocenters. The van der Waals surface area contributed by atoms with Gasteiger partial charge in [-0.05, 0) is 25.5 Å². The first-order valence-corrected chi connectivity index (χ1v) is 6.87. The monoisotopic (exact) mass is 276 g/mol. The van der Waals surface area contributed by atoms with Crippen LogP contribution in [0, 0.1) is 6.92 Å². The quantitative estimate of drug-likeness (QED) is 0.795. The molecule has 110 valence electrons. The van der Waals surface area contributed by atoms with Crippen LogP contribution in [-0.4, -0.2) is 40.2 Å². The third-order valence-electron chi connectivity index (χ3n) is 3.39. The Hall–Kier alpha value is -1.82. The maximum Gasteiger partial charge on any atom is 0.130 e. The summed E-state index contributed by atoms with van der Waals surface area (Å²) in [5.41, 5.74) is 3.62. The van der Waals surface area contributed by atoms with E-state index in [1.54, 1.807) is 0 Å². The standard InChI is InChI=1S/C14H24N6/c1-11-13(14(18(2)3)20(5)17-11)9-15-7-6-12-8-16-19(4)10-12/h8,10,15H,6-7,9H2,1-5H3. The minimum absolute atomic E-state index is 0.841. The summed E-state index contributed by atoms with van der Waals surface area (Å²) in [4.78, 5) is 2.11. The van der Waals surface area contributed by atoms with Crippen molar-refractivity contribution in [3.63, 3.8) is 0 Å². The van der Waals surface area contributed by atoms with Gasteiger partial charge in [-0.15, -0.1) is 0 Å². The van der Waals surface area contributed by atoms with Crippen molar-refractivity contribution in [2.75, 3.05) is 25.5 Å². The zero-order chi connectivity index (χ0) is 14.7. The second kappa shape index (κ2) is 6.09. The summed E-state index contributed by atoms with van der Waals surface area (Å²) in [6.07, 6.45) is 4.97. The van der Waals surface area contributed by atoms with E-state index in [1.807, 2.05) is 29.7 Å². The van der Waals surface area contributed by atoms with Crippen molar-refractivity contribution in [1.82, 2.24) is 24.9 Å². The molecule has 6 heteroatoms. The number of aromatic nitrogens is 4. The molecular weight excluding hydrogens is 252 g/mol. The van der Waals surface area contributed by atoms with Crippen molar-refractivity contribution in [2.24, 2.45) is 14.1 Å². The molecule has 0 spiro atoms. The van der Waals surface area contributed by atoms with Crippen molar-refractivity contribution in [3.05, 3.63) is 29.2 Å². The maximum atomic E-state index is 4.49. The molecule has 0 fully saturated rings. The highest BCUT2D eigenvalue weighted by Crippen LogP contribution is 2.20. The molecule has 0 amide bonds. The Kier molecular flexibility index (Phi) is 4.44. The number of hydrogen-bond acceptors (Lipinski definition) is 4. The molecule has 2 aromatic heterocycles. The zero-order valence-corrected chi connectivity index (χ0v) is 13.0. The van der Waals surface area contributed by atoms with Crippen molar-refractivity contribution in [1.29, 1.82) is 0 Å². The first-order chi connectivity index (χ1) is 9.49. The molecule has 1 N–H and O–H groups in total. The molecule has 0 aliphatic carbocycles. The Morgan fingerprint density at radius 3 is 2.65 bits per heavy atom. The summed E-state index contributed by atoms with van der Waals surface area (Å²) < 4.78 is 3.78. The predicted octanol–water partition coefficient (Wildman–Crippen LogP) is 0.860. The summed E-state index contributed by atoms with van der Waals surface area (Å²) in [6.45, 7) is 3.84. The second-order valence-electron chi connectivity index (χ2n) is 5.35. The molecule has 0 bridgehead atoms. The van der Waals surface area contributed by atoms with Crippen LogP contribution in [0.3, 0.4) is 0 Å². The van der Waals surface area contributed by atoms with Crippen LogP contribution in [0.1, 0.15) is 16.8 Å². The molecule has 6 nitrogen and oxygen atoms in total. The Morgan fingerprint density at radius 1 is 1.30 bits per heavy atom. The summed E-state index contributed by atoms with van der Waals surface area (Å²) in [5, 5.41) is 12.2. The van der Waals surface area contributed by atoms with Crippen molar-refractivity contribution in [3.8, 4) is 0 Å². The Labute approximate surface area is 120 Å². The molecule has 0 aliphatic heterocycles. The lowest BCUT2D eigenvalue weighted by atomic mass is 10.2. The fraction of sp³-hybridized carbons (Fsp3) is 0.571. The van der Waals surface area contributed by atoms with E-state index in [2.05, 4.69) is 47.6 Å². The van der Waals surface area contributed by atoms with Gasteiger partial charge in [0.1, 0.15) is 5.82 Å². The van der Waals surface area contributed by atoms with Crippen molar-refractivity contribution < 1.29 is 0 Å². The Balaban J connectivity index is 1.91. The molecule has 0 aromatic carbocycles. The highest BCUT2D eigenvalue weighted by atomic mass is 15.4. The van der Waals surface area contributed by atoms with Gasteiger partial charge < -0.3 is 10.2 Å². The van der Waals surface area contributed by atoms with Gasteiger partial charge in [-0.3, -0.25) is 9.36 Å². The average molecular weight is 276 g/mol. The van der Waals surface area contributed by atoms with Crippen LogP contribution in [0.15, 0.2) is 12.4 Å². The van der Waals surface area contributed by atoms with Crippen molar-refractivity contribution in [2.45, 2.75) is 19.9 Å². The SMILES string of the molecule is Cc1nn(C)c(N(C)C)c1CNCCc1cnn(C)c1. The van der Waals surface area contributed by atoms with Gasteiger partial charge in [-0.25, -0.2) is 0 Å². The first kappa shape index (κ1) is 14.6. The molecule has 0 unspecified atom stereocenters. The number of aryl methyl sites for hydroxylation is 3. The highest BCUT2D eigenvalue weighted by Gasteiger charge is 2.14. The lowest BCUT2D eigenvalue weighted by Crippen LogP contribution is -2.20. The van der Waals surface area contributed by atoms with Crippen LogP contribution in [-0.2, 0) is 27.1 Å². The fourth-order valence-electron chi connectivity index (χ4n) is 2.50. The van der Waals surface area contributed by atoms with Crippen LogP contribution >= 0.6 is 0 Å². The van der Waals surface area contributed by atoms with Gasteiger partial charge in [0, 0.05) is 46.5 Å². The summed E-state index contributed by atoms with van der Waals surface area (Å²) in [5.74, 6) is 1.16. The molecule has 0 saturated carbocycles. The van der Waals surface area contributed by atoms with Crippen LogP contribution in [0.5, 0.6) is 0 Å². The molecule has 0 saturated heterocycles. The van der Waals surface area contributed by atoms with E-state index in [0.717, 1.165) is 31.0 Å². The zero-order valence-electron chi connectivity index (χ0n) is 13.0. The second-order valence-corrected chi connectivity index (χ2v) is 5.35. The van der Waals surface area contributed by atoms with Gasteiger partial charge in [-0.2, -0.15) is 10.2 Å². The van der Waals surface area contributed by atoms with Crippen LogP contribution in [0.25, 0.3) is 0 Å². The molecule has 20 heavy (non-hydrogen) atoms. The minimum Gasteiger partial charge on any atom is -0.363 e. The fourth-order valence-corrected chi connectivity index (χ4v) is 2.50. The third-order valence-corrected chi connectivity index (χ3v) is 3.39. The highest BCUT2D eigenvalue weighted by molar-refractivity contribution is 5.48. The first-order valence-electron chi connectivity index (χ1n) is 6.87. The van der Waals surface area contributed by atoms with E-state index < -0.39 is 0 Å². The van der Waals surface area contributed by atoms with E-state index in [0.29, 0.717) is 0 Å². The van der Waals surface area contributed by atoms with Gasteiger partial charge in [0.15, 0.2) is 0 Å². The topological polar surface area (TPSA) is 50.9 Å². The lowest BCUT2D eigenvalue weighted by Gasteiger charge is -2.15. The summed E-state index contributed by atoms with van der Waals surface area (Å²) >= 11 is 0. The van der Waals surface area contributed by atoms with Gasteiger partial charge in [0.05, 0.1) is 11.9 Å². The number of nitrogens with one attached hydrogen (secondary N) is 1. The summed E-state index contributed by atoms with van der Waals surface area (Å²) in [6, 6.07) is 0. The molecule has 0 radical (unpaired) electrons. The average Bonchev–Trinajstić information content (AvgIpc) is 2.89. The number of rotatable bonds is 6. The molecule has 2 heterocycles. The van der Waals surface area contributed by atoms with Gasteiger partial charge >= 0.3 is 0 Å². The van der Waals surface area contributed by atoms with Gasteiger partial charge in [0.2, 0.25) is 0 Å². The molecule has 0 aliphatic rings. The third kappa shape index (κ3) is 3.19. The number of hydrogen-bond donors (Lipinski definition) is 1.